The molecule has 0 aliphatic rings. The fourth-order valence-corrected chi connectivity index (χ4v) is 0.905. The van der Waals surface area contributed by atoms with Crippen LogP contribution in [0.4, 0.5) is 22.0 Å². The van der Waals surface area contributed by atoms with E-state index < -0.39 is 19.4 Å². The molecule has 0 aromatic heterocycles. The molecular formula is C9H7F5O2. The van der Waals surface area contributed by atoms with Crippen molar-refractivity contribution in [3.8, 4) is 11.5 Å². The summed E-state index contributed by atoms with van der Waals surface area (Å²) in [5.41, 5.74) is 0. The zero-order valence-corrected chi connectivity index (χ0v) is 7.80. The molecule has 0 aliphatic heterocycles. The van der Waals surface area contributed by atoms with Gasteiger partial charge in [-0.3, -0.25) is 0 Å². The number of hydrogen-bond acceptors (Lipinski definition) is 2. The van der Waals surface area contributed by atoms with E-state index >= 15 is 0 Å². The Bertz CT molecular complexity index is 337. The zero-order valence-electron chi connectivity index (χ0n) is 7.80. The Morgan fingerprint density at radius 1 is 1.12 bits per heavy atom. The predicted octanol–water partition coefficient (Wildman–Crippen LogP) is 3.23. The third kappa shape index (κ3) is 4.81. The van der Waals surface area contributed by atoms with E-state index in [0.29, 0.717) is 0 Å². The van der Waals surface area contributed by atoms with E-state index in [4.69, 9.17) is 0 Å². The Labute approximate surface area is 87.6 Å². The van der Waals surface area contributed by atoms with Gasteiger partial charge < -0.3 is 9.47 Å². The van der Waals surface area contributed by atoms with Gasteiger partial charge in [-0.25, -0.2) is 0 Å². The highest BCUT2D eigenvalue weighted by Crippen LogP contribution is 2.23. The third-order valence-electron chi connectivity index (χ3n) is 1.43. The van der Waals surface area contributed by atoms with Crippen LogP contribution in [-0.2, 0) is 0 Å². The van der Waals surface area contributed by atoms with Gasteiger partial charge in [0.15, 0.2) is 6.61 Å². The SMILES string of the molecule is FC(F)Oc1cccc(OCC(F)(F)F)c1. The highest BCUT2D eigenvalue weighted by molar-refractivity contribution is 5.32. The fraction of sp³-hybridized carbons (Fsp3) is 0.333. The Kier molecular flexibility index (Phi) is 3.92. The van der Waals surface area contributed by atoms with E-state index in [1.165, 1.54) is 18.2 Å². The van der Waals surface area contributed by atoms with E-state index in [2.05, 4.69) is 9.47 Å². The van der Waals surface area contributed by atoms with Crippen LogP contribution >= 0.6 is 0 Å². The Balaban J connectivity index is 2.60. The number of benzene rings is 1. The summed E-state index contributed by atoms with van der Waals surface area (Å²) in [6, 6.07) is 4.61. The molecular weight excluding hydrogens is 235 g/mol. The molecule has 0 atom stereocenters. The van der Waals surface area contributed by atoms with Gasteiger partial charge in [0.1, 0.15) is 11.5 Å². The predicted molar refractivity (Wildman–Crippen MR) is 44.6 cm³/mol. The summed E-state index contributed by atoms with van der Waals surface area (Å²) in [4.78, 5) is 0. The molecule has 0 fully saturated rings. The van der Waals surface area contributed by atoms with Crippen molar-refractivity contribution in [3.63, 3.8) is 0 Å². The lowest BCUT2D eigenvalue weighted by Crippen LogP contribution is -2.19. The third-order valence-corrected chi connectivity index (χ3v) is 1.43. The standard InChI is InChI=1S/C9H7F5O2/c10-8(11)16-7-3-1-2-6(4-7)15-5-9(12,13)14/h1-4,8H,5H2. The minimum atomic E-state index is -4.47. The second-order valence-corrected chi connectivity index (χ2v) is 2.76. The van der Waals surface area contributed by atoms with Gasteiger partial charge in [0.2, 0.25) is 0 Å². The number of hydrogen-bond donors (Lipinski definition) is 0. The van der Waals surface area contributed by atoms with Crippen LogP contribution in [0.2, 0.25) is 0 Å². The first kappa shape index (κ1) is 12.5. The summed E-state index contributed by atoms with van der Waals surface area (Å²) in [5.74, 6) is -0.440. The first-order valence-corrected chi connectivity index (χ1v) is 4.11. The van der Waals surface area contributed by atoms with Crippen LogP contribution < -0.4 is 9.47 Å². The normalized spacial score (nSPS) is 11.6. The molecule has 0 radical (unpaired) electrons. The largest absolute Gasteiger partial charge is 0.484 e. The zero-order chi connectivity index (χ0) is 12.2. The summed E-state index contributed by atoms with van der Waals surface area (Å²) in [5, 5.41) is 0. The first-order chi connectivity index (χ1) is 7.37. The molecule has 0 spiro atoms. The topological polar surface area (TPSA) is 18.5 Å². The summed E-state index contributed by atoms with van der Waals surface area (Å²) in [6.45, 7) is -4.51. The van der Waals surface area contributed by atoms with Crippen LogP contribution in [0.3, 0.4) is 0 Å². The van der Waals surface area contributed by atoms with E-state index in [-0.39, 0.29) is 11.5 Å². The van der Waals surface area contributed by atoms with Gasteiger partial charge in [-0.05, 0) is 12.1 Å². The Morgan fingerprint density at radius 3 is 2.31 bits per heavy atom. The molecule has 1 aromatic carbocycles. The number of halogens is 5. The van der Waals surface area contributed by atoms with Crippen LogP contribution in [0, 0.1) is 0 Å². The van der Waals surface area contributed by atoms with Gasteiger partial charge >= 0.3 is 12.8 Å². The van der Waals surface area contributed by atoms with Crippen molar-refractivity contribution in [2.24, 2.45) is 0 Å². The molecule has 0 N–H and O–H groups in total. The lowest BCUT2D eigenvalue weighted by Gasteiger charge is -2.10. The summed E-state index contributed by atoms with van der Waals surface area (Å²) in [6.07, 6.45) is -4.47. The average molecular weight is 242 g/mol. The van der Waals surface area contributed by atoms with Crippen molar-refractivity contribution in [1.82, 2.24) is 0 Å². The van der Waals surface area contributed by atoms with Gasteiger partial charge in [0.25, 0.3) is 0 Å². The smallest absolute Gasteiger partial charge is 0.422 e. The molecule has 0 saturated carbocycles. The molecule has 0 amide bonds. The van der Waals surface area contributed by atoms with Crippen LogP contribution in [0.25, 0.3) is 0 Å². The second kappa shape index (κ2) is 5.00. The molecule has 0 saturated heterocycles. The quantitative estimate of drug-likeness (QED) is 0.754. The molecule has 7 heteroatoms. The molecule has 0 unspecified atom stereocenters. The summed E-state index contributed by atoms with van der Waals surface area (Å²) in [7, 11) is 0. The molecule has 90 valence electrons. The molecule has 2 nitrogen and oxygen atoms in total. The van der Waals surface area contributed by atoms with Crippen LogP contribution in [0.5, 0.6) is 11.5 Å². The van der Waals surface area contributed by atoms with Crippen molar-refractivity contribution < 1.29 is 31.4 Å². The van der Waals surface area contributed by atoms with E-state index in [1.807, 2.05) is 0 Å². The first-order valence-electron chi connectivity index (χ1n) is 4.11. The van der Waals surface area contributed by atoms with Gasteiger partial charge in [-0.2, -0.15) is 22.0 Å². The Morgan fingerprint density at radius 2 is 1.75 bits per heavy atom. The van der Waals surface area contributed by atoms with Crippen LogP contribution in [0.1, 0.15) is 0 Å². The van der Waals surface area contributed by atoms with E-state index in [0.717, 1.165) is 6.07 Å². The molecule has 0 heterocycles. The average Bonchev–Trinajstić information content (AvgIpc) is 2.13. The van der Waals surface area contributed by atoms with Gasteiger partial charge in [0, 0.05) is 6.07 Å². The van der Waals surface area contributed by atoms with E-state index in [9.17, 15) is 22.0 Å². The fourth-order valence-electron chi connectivity index (χ4n) is 0.905. The molecule has 16 heavy (non-hydrogen) atoms. The minimum Gasteiger partial charge on any atom is -0.484 e. The molecule has 1 aromatic rings. The Hall–Kier alpha value is -1.53. The van der Waals surface area contributed by atoms with Crippen LogP contribution in [-0.4, -0.2) is 19.4 Å². The van der Waals surface area contributed by atoms with E-state index in [1.54, 1.807) is 0 Å². The summed E-state index contributed by atoms with van der Waals surface area (Å²) < 4.78 is 67.2. The lowest BCUT2D eigenvalue weighted by molar-refractivity contribution is -0.153. The molecule has 0 aliphatic carbocycles. The van der Waals surface area contributed by atoms with Crippen molar-refractivity contribution in [2.45, 2.75) is 12.8 Å². The second-order valence-electron chi connectivity index (χ2n) is 2.76. The lowest BCUT2D eigenvalue weighted by atomic mass is 10.3. The maximum atomic E-state index is 11.8. The van der Waals surface area contributed by atoms with Gasteiger partial charge in [0.05, 0.1) is 0 Å². The van der Waals surface area contributed by atoms with Crippen molar-refractivity contribution in [3.05, 3.63) is 24.3 Å². The van der Waals surface area contributed by atoms with Crippen molar-refractivity contribution in [1.29, 1.82) is 0 Å². The maximum Gasteiger partial charge on any atom is 0.422 e. The summed E-state index contributed by atoms with van der Waals surface area (Å²) >= 11 is 0. The highest BCUT2D eigenvalue weighted by Gasteiger charge is 2.28. The van der Waals surface area contributed by atoms with Crippen molar-refractivity contribution >= 4 is 0 Å². The number of rotatable bonds is 4. The van der Waals surface area contributed by atoms with Crippen molar-refractivity contribution in [2.75, 3.05) is 6.61 Å². The van der Waals surface area contributed by atoms with Crippen LogP contribution in [0.15, 0.2) is 24.3 Å². The molecule has 1 rings (SSSR count). The highest BCUT2D eigenvalue weighted by atomic mass is 19.4. The minimum absolute atomic E-state index is 0.185. The number of alkyl halides is 5. The maximum absolute atomic E-state index is 11.8. The monoisotopic (exact) mass is 242 g/mol. The van der Waals surface area contributed by atoms with Gasteiger partial charge in [-0.15, -0.1) is 0 Å². The number of ether oxygens (including phenoxy) is 2. The molecule has 0 bridgehead atoms. The van der Waals surface area contributed by atoms with Gasteiger partial charge in [-0.1, -0.05) is 6.07 Å².